The molecular formula is C19H27N3O3. The minimum Gasteiger partial charge on any atom is -0.371 e. The van der Waals surface area contributed by atoms with E-state index in [0.29, 0.717) is 37.9 Å². The molecule has 6 heteroatoms. The van der Waals surface area contributed by atoms with Crippen molar-refractivity contribution in [3.8, 4) is 0 Å². The fourth-order valence-corrected chi connectivity index (χ4v) is 4.16. The molecule has 136 valence electrons. The fourth-order valence-electron chi connectivity index (χ4n) is 4.16. The number of anilines is 1. The van der Waals surface area contributed by atoms with E-state index in [0.717, 1.165) is 31.6 Å². The van der Waals surface area contributed by atoms with Crippen LogP contribution in [-0.2, 0) is 9.47 Å². The first-order valence-electron chi connectivity index (χ1n) is 9.43. The summed E-state index contributed by atoms with van der Waals surface area (Å²) in [7, 11) is 0. The van der Waals surface area contributed by atoms with Crippen LogP contribution in [0.4, 0.5) is 5.69 Å². The van der Waals surface area contributed by atoms with Crippen molar-refractivity contribution in [2.24, 2.45) is 5.92 Å². The van der Waals surface area contributed by atoms with E-state index in [1.807, 2.05) is 17.0 Å². The molecule has 0 aliphatic carbocycles. The summed E-state index contributed by atoms with van der Waals surface area (Å²) in [5.41, 5.74) is 1.65. The number of pyridine rings is 1. The second kappa shape index (κ2) is 6.92. The van der Waals surface area contributed by atoms with E-state index < -0.39 is 5.79 Å². The van der Waals surface area contributed by atoms with Gasteiger partial charge in [-0.25, -0.2) is 0 Å². The van der Waals surface area contributed by atoms with Gasteiger partial charge in [0.25, 0.3) is 5.91 Å². The van der Waals surface area contributed by atoms with Gasteiger partial charge in [-0.15, -0.1) is 0 Å². The molecule has 4 rings (SSSR count). The van der Waals surface area contributed by atoms with Crippen LogP contribution in [0.2, 0.25) is 0 Å². The van der Waals surface area contributed by atoms with Crippen LogP contribution in [0.25, 0.3) is 0 Å². The highest BCUT2D eigenvalue weighted by Crippen LogP contribution is 2.32. The number of ether oxygens (including phenoxy) is 2. The average Bonchev–Trinajstić information content (AvgIpc) is 3.10. The summed E-state index contributed by atoms with van der Waals surface area (Å²) >= 11 is 0. The maximum absolute atomic E-state index is 12.9. The molecule has 1 aromatic heterocycles. The van der Waals surface area contributed by atoms with E-state index in [-0.39, 0.29) is 5.91 Å². The van der Waals surface area contributed by atoms with Crippen LogP contribution in [-0.4, -0.2) is 61.0 Å². The van der Waals surface area contributed by atoms with Crippen LogP contribution in [0, 0.1) is 5.92 Å². The van der Waals surface area contributed by atoms with Gasteiger partial charge in [0, 0.05) is 50.9 Å². The molecule has 3 aliphatic rings. The molecule has 1 atom stereocenters. The Kier molecular flexibility index (Phi) is 4.65. The number of carbonyl (C=O) groups excluding carboxylic acids is 1. The number of carbonyl (C=O) groups is 1. The highest BCUT2D eigenvalue weighted by molar-refractivity contribution is 5.93. The highest BCUT2D eigenvalue weighted by atomic mass is 16.7. The summed E-state index contributed by atoms with van der Waals surface area (Å²) in [6.07, 6.45) is 5.73. The van der Waals surface area contributed by atoms with Crippen molar-refractivity contribution in [3.63, 3.8) is 0 Å². The zero-order chi connectivity index (χ0) is 17.3. The van der Waals surface area contributed by atoms with Gasteiger partial charge in [-0.3, -0.25) is 9.78 Å². The van der Waals surface area contributed by atoms with Crippen molar-refractivity contribution in [2.75, 3.05) is 44.3 Å². The van der Waals surface area contributed by atoms with Crippen LogP contribution in [0.15, 0.2) is 18.3 Å². The summed E-state index contributed by atoms with van der Waals surface area (Å²) in [6.45, 7) is 7.03. The summed E-state index contributed by atoms with van der Waals surface area (Å²) in [5, 5.41) is 0. The average molecular weight is 345 g/mol. The molecule has 0 radical (unpaired) electrons. The molecule has 3 saturated heterocycles. The fraction of sp³-hybridized carbons (Fsp3) is 0.684. The summed E-state index contributed by atoms with van der Waals surface area (Å²) in [5.74, 6) is 0.265. The molecule has 3 aliphatic heterocycles. The van der Waals surface area contributed by atoms with Crippen LogP contribution in [0.1, 0.15) is 43.1 Å². The van der Waals surface area contributed by atoms with Gasteiger partial charge in [-0.1, -0.05) is 6.92 Å². The minimum atomic E-state index is -0.448. The van der Waals surface area contributed by atoms with Gasteiger partial charge in [0.2, 0.25) is 0 Å². The van der Waals surface area contributed by atoms with Crippen molar-refractivity contribution in [1.29, 1.82) is 0 Å². The molecule has 0 bridgehead atoms. The quantitative estimate of drug-likeness (QED) is 0.823. The van der Waals surface area contributed by atoms with Crippen molar-refractivity contribution in [2.45, 2.75) is 38.4 Å². The van der Waals surface area contributed by atoms with Gasteiger partial charge in [0.15, 0.2) is 5.79 Å². The first-order valence-corrected chi connectivity index (χ1v) is 9.43. The number of amides is 1. The number of aromatic nitrogens is 1. The zero-order valence-corrected chi connectivity index (χ0v) is 14.9. The smallest absolute Gasteiger partial charge is 0.272 e. The molecule has 0 aromatic carbocycles. The molecule has 4 heterocycles. The Morgan fingerprint density at radius 1 is 1.24 bits per heavy atom. The maximum atomic E-state index is 12.9. The number of piperidine rings is 2. The Morgan fingerprint density at radius 3 is 2.72 bits per heavy atom. The second-order valence-electron chi connectivity index (χ2n) is 7.49. The predicted octanol–water partition coefficient (Wildman–Crippen LogP) is 2.30. The van der Waals surface area contributed by atoms with Gasteiger partial charge in [-0.2, -0.15) is 0 Å². The monoisotopic (exact) mass is 345 g/mol. The van der Waals surface area contributed by atoms with Gasteiger partial charge < -0.3 is 19.3 Å². The summed E-state index contributed by atoms with van der Waals surface area (Å²) in [6, 6.07) is 3.97. The van der Waals surface area contributed by atoms with Crippen LogP contribution in [0.5, 0.6) is 0 Å². The predicted molar refractivity (Wildman–Crippen MR) is 94.6 cm³/mol. The van der Waals surface area contributed by atoms with Crippen molar-refractivity contribution in [3.05, 3.63) is 24.0 Å². The molecule has 1 aromatic rings. The third kappa shape index (κ3) is 3.51. The molecule has 6 nitrogen and oxygen atoms in total. The molecular weight excluding hydrogens is 318 g/mol. The zero-order valence-electron chi connectivity index (χ0n) is 14.9. The van der Waals surface area contributed by atoms with Crippen LogP contribution in [0.3, 0.4) is 0 Å². The number of hydrogen-bond donors (Lipinski definition) is 0. The molecule has 0 saturated carbocycles. The SMILES string of the molecule is CC1CCCN(c2ccnc(C(=O)N3CCC4(CC3)OCCO4)c2)C1. The molecule has 1 unspecified atom stereocenters. The van der Waals surface area contributed by atoms with E-state index in [1.54, 1.807) is 6.20 Å². The lowest BCUT2D eigenvalue weighted by molar-refractivity contribution is -0.181. The van der Waals surface area contributed by atoms with Gasteiger partial charge in [0.1, 0.15) is 5.69 Å². The van der Waals surface area contributed by atoms with Gasteiger partial charge >= 0.3 is 0 Å². The molecule has 3 fully saturated rings. The van der Waals surface area contributed by atoms with Gasteiger partial charge in [0.05, 0.1) is 13.2 Å². The van der Waals surface area contributed by atoms with Crippen LogP contribution >= 0.6 is 0 Å². The summed E-state index contributed by atoms with van der Waals surface area (Å²) in [4.78, 5) is 21.5. The number of nitrogens with zero attached hydrogens (tertiary/aromatic N) is 3. The topological polar surface area (TPSA) is 54.9 Å². The summed E-state index contributed by atoms with van der Waals surface area (Å²) < 4.78 is 11.5. The molecule has 0 N–H and O–H groups in total. The van der Waals surface area contributed by atoms with Crippen molar-refractivity contribution in [1.82, 2.24) is 9.88 Å². The minimum absolute atomic E-state index is 0.0137. The van der Waals surface area contributed by atoms with E-state index in [9.17, 15) is 4.79 Å². The number of rotatable bonds is 2. The molecule has 1 spiro atoms. The first kappa shape index (κ1) is 16.8. The normalized spacial score (nSPS) is 26.2. The molecule has 25 heavy (non-hydrogen) atoms. The lowest BCUT2D eigenvalue weighted by Gasteiger charge is -2.37. The maximum Gasteiger partial charge on any atom is 0.272 e. The van der Waals surface area contributed by atoms with E-state index in [2.05, 4.69) is 16.8 Å². The van der Waals surface area contributed by atoms with Crippen molar-refractivity contribution < 1.29 is 14.3 Å². The standard InChI is InChI=1S/C19H27N3O3/c1-15-3-2-8-22(14-15)16-4-7-20-17(13-16)18(23)21-9-5-19(6-10-21)24-11-12-25-19/h4,7,13,15H,2-3,5-6,8-12,14H2,1H3. The lowest BCUT2D eigenvalue weighted by Crippen LogP contribution is -2.47. The first-order chi connectivity index (χ1) is 12.2. The van der Waals surface area contributed by atoms with E-state index in [1.165, 1.54) is 12.8 Å². The van der Waals surface area contributed by atoms with Gasteiger partial charge in [-0.05, 0) is 30.9 Å². The Morgan fingerprint density at radius 2 is 2.00 bits per heavy atom. The number of hydrogen-bond acceptors (Lipinski definition) is 5. The Hall–Kier alpha value is -1.66. The molecule has 1 amide bonds. The van der Waals surface area contributed by atoms with Crippen LogP contribution < -0.4 is 4.90 Å². The Bertz CT molecular complexity index is 620. The Balaban J connectivity index is 1.43. The highest BCUT2D eigenvalue weighted by Gasteiger charge is 2.41. The lowest BCUT2D eigenvalue weighted by atomic mass is 10.00. The third-order valence-corrected chi connectivity index (χ3v) is 5.61. The van der Waals surface area contributed by atoms with E-state index >= 15 is 0 Å². The third-order valence-electron chi connectivity index (χ3n) is 5.61. The Labute approximate surface area is 149 Å². The largest absolute Gasteiger partial charge is 0.371 e. The van der Waals surface area contributed by atoms with Crippen molar-refractivity contribution >= 4 is 11.6 Å². The van der Waals surface area contributed by atoms with E-state index in [4.69, 9.17) is 9.47 Å². The second-order valence-corrected chi connectivity index (χ2v) is 7.49. The number of likely N-dealkylation sites (tertiary alicyclic amines) is 1.